The first-order valence-corrected chi connectivity index (χ1v) is 5.94. The molecule has 0 fully saturated rings. The molecule has 0 amide bonds. The Bertz CT molecular complexity index is 430. The van der Waals surface area contributed by atoms with Gasteiger partial charge in [0.1, 0.15) is 5.69 Å². The first-order valence-electron chi connectivity index (χ1n) is 4.72. The third-order valence-corrected chi connectivity index (χ3v) is 2.84. The molecular formula is C9H16N4O2S. The van der Waals surface area contributed by atoms with Crippen LogP contribution in [0.15, 0.2) is 9.95 Å². The molecule has 7 heteroatoms. The largest absolute Gasteiger partial charge is 0.384 e. The predicted molar refractivity (Wildman–Crippen MR) is 63.1 cm³/mol. The van der Waals surface area contributed by atoms with Crippen molar-refractivity contribution in [3.8, 4) is 0 Å². The van der Waals surface area contributed by atoms with Gasteiger partial charge in [-0.15, -0.1) is 10.2 Å². The van der Waals surface area contributed by atoms with E-state index in [9.17, 15) is 4.79 Å². The number of methoxy groups -OCH3 is 1. The molecule has 0 aliphatic carbocycles. The van der Waals surface area contributed by atoms with Crippen molar-refractivity contribution in [2.75, 3.05) is 25.8 Å². The number of hydrogen-bond donors (Lipinski definition) is 1. The lowest BCUT2D eigenvalue weighted by Crippen LogP contribution is -2.40. The zero-order chi connectivity index (χ0) is 12.3. The van der Waals surface area contributed by atoms with E-state index in [0.717, 1.165) is 4.68 Å². The Morgan fingerprint density at radius 2 is 2.12 bits per heavy atom. The van der Waals surface area contributed by atoms with E-state index in [2.05, 4.69) is 10.2 Å². The minimum Gasteiger partial charge on any atom is -0.384 e. The molecule has 0 saturated carbocycles. The fourth-order valence-corrected chi connectivity index (χ4v) is 1.78. The summed E-state index contributed by atoms with van der Waals surface area (Å²) in [7, 11) is 1.58. The number of rotatable bonds is 4. The van der Waals surface area contributed by atoms with Crippen molar-refractivity contribution >= 4 is 11.8 Å². The summed E-state index contributed by atoms with van der Waals surface area (Å²) in [6, 6.07) is 0. The number of ether oxygens (including phenoxy) is 1. The Morgan fingerprint density at radius 3 is 2.62 bits per heavy atom. The molecule has 6 nitrogen and oxygen atoms in total. The first kappa shape index (κ1) is 13.0. The normalized spacial score (nSPS) is 11.8. The smallest absolute Gasteiger partial charge is 0.295 e. The van der Waals surface area contributed by atoms with Gasteiger partial charge in [0.2, 0.25) is 5.16 Å². The number of nitrogens with two attached hydrogens (primary N) is 1. The van der Waals surface area contributed by atoms with Crippen LogP contribution in [-0.4, -0.2) is 34.8 Å². The van der Waals surface area contributed by atoms with E-state index in [0.29, 0.717) is 17.5 Å². The highest BCUT2D eigenvalue weighted by Crippen LogP contribution is 2.18. The van der Waals surface area contributed by atoms with Gasteiger partial charge in [0.25, 0.3) is 5.56 Å². The highest BCUT2D eigenvalue weighted by molar-refractivity contribution is 7.98. The van der Waals surface area contributed by atoms with Crippen molar-refractivity contribution in [1.82, 2.24) is 14.9 Å². The standard InChI is InChI=1S/C9H16N4O2S/c1-9(2,5-15-3)6-7(14)13(10)8(16-4)12-11-6/h5,10H2,1-4H3. The maximum atomic E-state index is 11.9. The summed E-state index contributed by atoms with van der Waals surface area (Å²) in [5, 5.41) is 8.23. The van der Waals surface area contributed by atoms with Gasteiger partial charge in [0, 0.05) is 12.5 Å². The van der Waals surface area contributed by atoms with Gasteiger partial charge in [-0.2, -0.15) is 4.68 Å². The molecule has 0 aliphatic rings. The summed E-state index contributed by atoms with van der Waals surface area (Å²) in [6.07, 6.45) is 1.78. The van der Waals surface area contributed by atoms with Gasteiger partial charge in [-0.3, -0.25) is 4.79 Å². The van der Waals surface area contributed by atoms with Crippen LogP contribution in [0.1, 0.15) is 19.5 Å². The van der Waals surface area contributed by atoms with E-state index in [1.165, 1.54) is 11.8 Å². The monoisotopic (exact) mass is 244 g/mol. The molecule has 16 heavy (non-hydrogen) atoms. The van der Waals surface area contributed by atoms with Gasteiger partial charge >= 0.3 is 0 Å². The molecule has 1 aromatic heterocycles. The summed E-state index contributed by atoms with van der Waals surface area (Å²) in [6.45, 7) is 4.11. The SMILES string of the molecule is COCC(C)(C)c1nnc(SC)n(N)c1=O. The van der Waals surface area contributed by atoms with Crippen LogP contribution in [0.3, 0.4) is 0 Å². The van der Waals surface area contributed by atoms with Crippen LogP contribution >= 0.6 is 11.8 Å². The summed E-state index contributed by atoms with van der Waals surface area (Å²) >= 11 is 1.28. The molecule has 1 heterocycles. The molecule has 0 spiro atoms. The van der Waals surface area contributed by atoms with Gasteiger partial charge in [-0.05, 0) is 6.26 Å². The molecule has 0 radical (unpaired) electrons. The molecule has 0 unspecified atom stereocenters. The van der Waals surface area contributed by atoms with Crippen LogP contribution in [0, 0.1) is 0 Å². The lowest BCUT2D eigenvalue weighted by molar-refractivity contribution is 0.143. The Labute approximate surface area is 98.2 Å². The van der Waals surface area contributed by atoms with E-state index < -0.39 is 5.41 Å². The van der Waals surface area contributed by atoms with Crippen molar-refractivity contribution in [2.24, 2.45) is 0 Å². The number of thioether (sulfide) groups is 1. The van der Waals surface area contributed by atoms with Crippen molar-refractivity contribution in [3.63, 3.8) is 0 Å². The van der Waals surface area contributed by atoms with Crippen molar-refractivity contribution in [3.05, 3.63) is 16.0 Å². The Hall–Kier alpha value is -1.08. The van der Waals surface area contributed by atoms with Crippen molar-refractivity contribution in [1.29, 1.82) is 0 Å². The zero-order valence-electron chi connectivity index (χ0n) is 9.85. The van der Waals surface area contributed by atoms with Crippen LogP contribution in [0.5, 0.6) is 0 Å². The molecule has 1 rings (SSSR count). The van der Waals surface area contributed by atoms with E-state index in [1.807, 2.05) is 13.8 Å². The van der Waals surface area contributed by atoms with Gasteiger partial charge in [-0.1, -0.05) is 25.6 Å². The Kier molecular flexibility index (Phi) is 3.93. The van der Waals surface area contributed by atoms with Crippen LogP contribution in [0.4, 0.5) is 0 Å². The summed E-state index contributed by atoms with van der Waals surface area (Å²) in [5.41, 5.74) is -0.521. The quantitative estimate of drug-likeness (QED) is 0.593. The molecule has 0 bridgehead atoms. The third kappa shape index (κ3) is 2.35. The van der Waals surface area contributed by atoms with Gasteiger partial charge in [-0.25, -0.2) is 0 Å². The first-order chi connectivity index (χ1) is 7.44. The van der Waals surface area contributed by atoms with E-state index in [4.69, 9.17) is 10.6 Å². The molecule has 2 N–H and O–H groups in total. The zero-order valence-corrected chi connectivity index (χ0v) is 10.7. The highest BCUT2D eigenvalue weighted by atomic mass is 32.2. The molecular weight excluding hydrogens is 228 g/mol. The number of nitrogens with zero attached hydrogens (tertiary/aromatic N) is 3. The second kappa shape index (κ2) is 4.84. The molecule has 0 saturated heterocycles. The average Bonchev–Trinajstić information content (AvgIpc) is 2.21. The van der Waals surface area contributed by atoms with E-state index >= 15 is 0 Å². The predicted octanol–water partition coefficient (Wildman–Crippen LogP) is -0.00200. The topological polar surface area (TPSA) is 83.0 Å². The summed E-state index contributed by atoms with van der Waals surface area (Å²) < 4.78 is 6.07. The molecule has 0 atom stereocenters. The van der Waals surface area contributed by atoms with Gasteiger partial charge in [0.05, 0.1) is 6.61 Å². The lowest BCUT2D eigenvalue weighted by atomic mass is 9.91. The number of aromatic nitrogens is 3. The average molecular weight is 244 g/mol. The Balaban J connectivity index is 3.27. The number of hydrogen-bond acceptors (Lipinski definition) is 6. The fraction of sp³-hybridized carbons (Fsp3) is 0.667. The maximum absolute atomic E-state index is 11.9. The lowest BCUT2D eigenvalue weighted by Gasteiger charge is -2.21. The van der Waals surface area contributed by atoms with Gasteiger partial charge < -0.3 is 10.6 Å². The van der Waals surface area contributed by atoms with E-state index in [-0.39, 0.29) is 5.56 Å². The fourth-order valence-electron chi connectivity index (χ4n) is 1.38. The Morgan fingerprint density at radius 1 is 1.50 bits per heavy atom. The maximum Gasteiger partial charge on any atom is 0.295 e. The summed E-state index contributed by atoms with van der Waals surface area (Å²) in [4.78, 5) is 11.9. The molecule has 90 valence electrons. The summed E-state index contributed by atoms with van der Waals surface area (Å²) in [5.74, 6) is 5.63. The van der Waals surface area contributed by atoms with E-state index in [1.54, 1.807) is 13.4 Å². The van der Waals surface area contributed by atoms with Gasteiger partial charge in [0.15, 0.2) is 0 Å². The van der Waals surface area contributed by atoms with Crippen molar-refractivity contribution in [2.45, 2.75) is 24.4 Å². The molecule has 0 aromatic carbocycles. The van der Waals surface area contributed by atoms with Crippen LogP contribution in [0.2, 0.25) is 0 Å². The van der Waals surface area contributed by atoms with Crippen molar-refractivity contribution < 1.29 is 4.74 Å². The highest BCUT2D eigenvalue weighted by Gasteiger charge is 2.27. The molecule has 1 aromatic rings. The number of nitrogen functional groups attached to an aromatic ring is 1. The molecule has 0 aliphatic heterocycles. The second-order valence-corrected chi connectivity index (χ2v) is 4.80. The second-order valence-electron chi connectivity index (χ2n) is 4.03. The minimum absolute atomic E-state index is 0.314. The minimum atomic E-state index is -0.503. The van der Waals surface area contributed by atoms with Crippen LogP contribution in [0.25, 0.3) is 0 Å². The third-order valence-electron chi connectivity index (χ3n) is 2.19. The van der Waals surface area contributed by atoms with Crippen LogP contribution in [-0.2, 0) is 10.2 Å². The van der Waals surface area contributed by atoms with Crippen LogP contribution < -0.4 is 11.4 Å².